The summed E-state index contributed by atoms with van der Waals surface area (Å²) in [5.41, 5.74) is 7.01. The number of likely N-dealkylation sites (tertiary alicyclic amines) is 1. The summed E-state index contributed by atoms with van der Waals surface area (Å²) in [4.78, 5) is 2.50. The van der Waals surface area contributed by atoms with Crippen LogP contribution >= 0.6 is 0 Å². The minimum absolute atomic E-state index is 0.185. The van der Waals surface area contributed by atoms with Gasteiger partial charge in [0.15, 0.2) is 0 Å². The van der Waals surface area contributed by atoms with Crippen molar-refractivity contribution < 1.29 is 5.21 Å². The number of hydrogen-bond acceptors (Lipinski definition) is 3. The predicted molar refractivity (Wildman–Crippen MR) is 81.8 cm³/mol. The van der Waals surface area contributed by atoms with E-state index in [9.17, 15) is 0 Å². The average molecular weight is 275 g/mol. The largest absolute Gasteiger partial charge is 0.409 e. The van der Waals surface area contributed by atoms with Gasteiger partial charge in [0.05, 0.1) is 0 Å². The van der Waals surface area contributed by atoms with Crippen LogP contribution in [0.5, 0.6) is 0 Å². The van der Waals surface area contributed by atoms with E-state index in [4.69, 9.17) is 10.9 Å². The molecule has 3 N–H and O–H groups in total. The van der Waals surface area contributed by atoms with Gasteiger partial charge in [0.2, 0.25) is 0 Å². The van der Waals surface area contributed by atoms with Crippen molar-refractivity contribution in [1.82, 2.24) is 4.90 Å². The van der Waals surface area contributed by atoms with Gasteiger partial charge in [-0.05, 0) is 37.8 Å². The number of hydrogen-bond donors (Lipinski definition) is 2. The van der Waals surface area contributed by atoms with Gasteiger partial charge < -0.3 is 10.9 Å². The molecule has 1 aliphatic rings. The fourth-order valence-electron chi connectivity index (χ4n) is 3.15. The molecule has 3 unspecified atom stereocenters. The molecule has 1 aromatic rings. The molecular formula is C16H25N3O. The first-order valence-corrected chi connectivity index (χ1v) is 7.40. The molecule has 4 heteroatoms. The lowest BCUT2D eigenvalue weighted by molar-refractivity contribution is 0.0699. The molecule has 2 rings (SSSR count). The van der Waals surface area contributed by atoms with Crippen LogP contribution in [0, 0.1) is 5.92 Å². The van der Waals surface area contributed by atoms with E-state index >= 15 is 0 Å². The fourth-order valence-corrected chi connectivity index (χ4v) is 3.15. The van der Waals surface area contributed by atoms with Gasteiger partial charge in [-0.15, -0.1) is 0 Å². The monoisotopic (exact) mass is 275 g/mol. The third-order valence-electron chi connectivity index (χ3n) is 4.54. The van der Waals surface area contributed by atoms with Crippen LogP contribution in [0.15, 0.2) is 35.5 Å². The summed E-state index contributed by atoms with van der Waals surface area (Å²) >= 11 is 0. The maximum Gasteiger partial charge on any atom is 0.141 e. The Kier molecular flexibility index (Phi) is 5.01. The van der Waals surface area contributed by atoms with E-state index in [2.05, 4.69) is 36.0 Å². The van der Waals surface area contributed by atoms with Crippen molar-refractivity contribution in [2.75, 3.05) is 6.54 Å². The second-order valence-electron chi connectivity index (χ2n) is 5.82. The quantitative estimate of drug-likeness (QED) is 0.384. The Morgan fingerprint density at radius 1 is 1.40 bits per heavy atom. The standard InChI is InChI=1S/C16H25N3O/c1-12-7-6-10-19(13(12)2)15(11-16(17)18-20)14-8-4-3-5-9-14/h3-5,8-9,12-13,15,20H,6-7,10-11H2,1-2H3,(H2,17,18). The van der Waals surface area contributed by atoms with Crippen molar-refractivity contribution in [2.45, 2.75) is 45.2 Å². The minimum Gasteiger partial charge on any atom is -0.409 e. The van der Waals surface area contributed by atoms with Gasteiger partial charge in [-0.25, -0.2) is 0 Å². The highest BCUT2D eigenvalue weighted by Gasteiger charge is 2.31. The van der Waals surface area contributed by atoms with E-state index in [-0.39, 0.29) is 6.04 Å². The van der Waals surface area contributed by atoms with E-state index in [1.807, 2.05) is 18.2 Å². The van der Waals surface area contributed by atoms with E-state index < -0.39 is 0 Å². The third-order valence-corrected chi connectivity index (χ3v) is 4.54. The van der Waals surface area contributed by atoms with Crippen LogP contribution in [0.2, 0.25) is 0 Å². The van der Waals surface area contributed by atoms with E-state index in [1.165, 1.54) is 18.4 Å². The molecule has 0 aliphatic carbocycles. The predicted octanol–water partition coefficient (Wildman–Crippen LogP) is 2.98. The molecule has 1 aliphatic heterocycles. The van der Waals surface area contributed by atoms with Gasteiger partial charge in [0.25, 0.3) is 0 Å². The van der Waals surface area contributed by atoms with Gasteiger partial charge in [-0.3, -0.25) is 4.90 Å². The summed E-state index contributed by atoms with van der Waals surface area (Å²) in [6.45, 7) is 5.66. The maximum absolute atomic E-state index is 8.89. The summed E-state index contributed by atoms with van der Waals surface area (Å²) < 4.78 is 0. The minimum atomic E-state index is 0.185. The van der Waals surface area contributed by atoms with Crippen molar-refractivity contribution in [3.8, 4) is 0 Å². The maximum atomic E-state index is 8.89. The second-order valence-corrected chi connectivity index (χ2v) is 5.82. The van der Waals surface area contributed by atoms with Gasteiger partial charge in [0, 0.05) is 18.5 Å². The van der Waals surface area contributed by atoms with E-state index in [1.54, 1.807) is 0 Å². The lowest BCUT2D eigenvalue weighted by Crippen LogP contribution is -2.45. The molecule has 4 nitrogen and oxygen atoms in total. The summed E-state index contributed by atoms with van der Waals surface area (Å²) in [7, 11) is 0. The van der Waals surface area contributed by atoms with Crippen molar-refractivity contribution >= 4 is 5.84 Å². The average Bonchev–Trinajstić information content (AvgIpc) is 2.48. The van der Waals surface area contributed by atoms with Crippen LogP contribution in [-0.4, -0.2) is 28.5 Å². The summed E-state index contributed by atoms with van der Waals surface area (Å²) in [6.07, 6.45) is 3.06. The molecule has 1 saturated heterocycles. The van der Waals surface area contributed by atoms with Crippen LogP contribution < -0.4 is 5.73 Å². The first-order valence-electron chi connectivity index (χ1n) is 7.40. The van der Waals surface area contributed by atoms with Crippen LogP contribution in [0.25, 0.3) is 0 Å². The van der Waals surface area contributed by atoms with Gasteiger partial charge in [0.1, 0.15) is 5.84 Å². The molecule has 110 valence electrons. The van der Waals surface area contributed by atoms with Crippen molar-refractivity contribution in [2.24, 2.45) is 16.8 Å². The molecule has 0 saturated carbocycles. The number of amidine groups is 1. The number of benzene rings is 1. The highest BCUT2D eigenvalue weighted by Crippen LogP contribution is 2.33. The first-order chi connectivity index (χ1) is 9.63. The number of oxime groups is 1. The van der Waals surface area contributed by atoms with Gasteiger partial charge >= 0.3 is 0 Å². The number of piperidine rings is 1. The molecule has 0 amide bonds. The molecule has 1 heterocycles. The molecule has 1 aromatic carbocycles. The molecule has 0 aromatic heterocycles. The molecule has 0 bridgehead atoms. The first kappa shape index (κ1) is 14.9. The van der Waals surface area contributed by atoms with E-state index in [0.29, 0.717) is 24.2 Å². The molecule has 0 spiro atoms. The Labute approximate surface area is 121 Å². The van der Waals surface area contributed by atoms with Gasteiger partial charge in [-0.2, -0.15) is 0 Å². The lowest BCUT2D eigenvalue weighted by Gasteiger charge is -2.43. The molecule has 0 radical (unpaired) electrons. The topological polar surface area (TPSA) is 61.8 Å². The van der Waals surface area contributed by atoms with Crippen molar-refractivity contribution in [3.63, 3.8) is 0 Å². The zero-order valence-corrected chi connectivity index (χ0v) is 12.4. The van der Waals surface area contributed by atoms with Crippen LogP contribution in [0.4, 0.5) is 0 Å². The Bertz CT molecular complexity index is 446. The molecular weight excluding hydrogens is 250 g/mol. The smallest absolute Gasteiger partial charge is 0.141 e. The number of nitrogens with two attached hydrogens (primary N) is 1. The number of rotatable bonds is 4. The van der Waals surface area contributed by atoms with Crippen molar-refractivity contribution in [3.05, 3.63) is 35.9 Å². The number of nitrogens with zero attached hydrogens (tertiary/aromatic N) is 2. The highest BCUT2D eigenvalue weighted by atomic mass is 16.4. The second kappa shape index (κ2) is 6.75. The summed E-state index contributed by atoms with van der Waals surface area (Å²) in [6, 6.07) is 11.1. The Hall–Kier alpha value is -1.55. The third kappa shape index (κ3) is 3.31. The van der Waals surface area contributed by atoms with E-state index in [0.717, 1.165) is 6.54 Å². The Morgan fingerprint density at radius 3 is 2.75 bits per heavy atom. The SMILES string of the molecule is CC1CCCN(C(CC(N)=NO)c2ccccc2)C1C. The van der Waals surface area contributed by atoms with Crippen LogP contribution in [-0.2, 0) is 0 Å². The van der Waals surface area contributed by atoms with Crippen LogP contribution in [0.3, 0.4) is 0 Å². The lowest BCUT2D eigenvalue weighted by atomic mass is 9.88. The zero-order chi connectivity index (χ0) is 14.5. The Morgan fingerprint density at radius 2 is 2.10 bits per heavy atom. The fraction of sp³-hybridized carbons (Fsp3) is 0.562. The zero-order valence-electron chi connectivity index (χ0n) is 12.4. The normalized spacial score (nSPS) is 26.4. The summed E-state index contributed by atoms with van der Waals surface area (Å²) in [5.74, 6) is 0.978. The van der Waals surface area contributed by atoms with Crippen molar-refractivity contribution in [1.29, 1.82) is 0 Å². The van der Waals surface area contributed by atoms with Crippen LogP contribution in [0.1, 0.15) is 44.7 Å². The molecule has 3 atom stereocenters. The highest BCUT2D eigenvalue weighted by molar-refractivity contribution is 5.80. The summed E-state index contributed by atoms with van der Waals surface area (Å²) in [5, 5.41) is 12.1. The van der Waals surface area contributed by atoms with Gasteiger partial charge in [-0.1, -0.05) is 42.4 Å². The molecule has 1 fully saturated rings. The molecule has 20 heavy (non-hydrogen) atoms. The Balaban J connectivity index is 2.26.